The fraction of sp³-hybridized carbons (Fsp3) is 0.0714. The zero-order chi connectivity index (χ0) is 25.7. The molecule has 1 saturated heterocycles. The van der Waals surface area contributed by atoms with E-state index in [1.807, 2.05) is 72.8 Å². The van der Waals surface area contributed by atoms with Gasteiger partial charge in [-0.05, 0) is 41.0 Å². The predicted octanol–water partition coefficient (Wildman–Crippen LogP) is 6.24. The molecule has 0 radical (unpaired) electrons. The first-order valence-corrected chi connectivity index (χ1v) is 13.0. The van der Waals surface area contributed by atoms with Crippen LogP contribution in [0.4, 0.5) is 0 Å². The molecule has 0 aliphatic carbocycles. The molecule has 1 N–H and O–H groups in total. The van der Waals surface area contributed by atoms with Crippen LogP contribution in [-0.2, 0) is 16.0 Å². The molecule has 1 fully saturated rings. The summed E-state index contributed by atoms with van der Waals surface area (Å²) in [4.78, 5) is 39.1. The van der Waals surface area contributed by atoms with Gasteiger partial charge in [0.25, 0.3) is 5.91 Å². The summed E-state index contributed by atoms with van der Waals surface area (Å²) in [5.74, 6) is -1.64. The van der Waals surface area contributed by atoms with Crippen LogP contribution in [0.25, 0.3) is 12.2 Å². The second-order valence-corrected chi connectivity index (χ2v) is 10.5. The van der Waals surface area contributed by atoms with Gasteiger partial charge in [0.2, 0.25) is 0 Å². The summed E-state index contributed by atoms with van der Waals surface area (Å²) >= 11 is 9.85. The van der Waals surface area contributed by atoms with Gasteiger partial charge in [0.15, 0.2) is 5.78 Å². The van der Waals surface area contributed by atoms with Crippen molar-refractivity contribution >= 4 is 74.0 Å². The highest BCUT2D eigenvalue weighted by Gasteiger charge is 2.40. The maximum atomic E-state index is 13.1. The lowest BCUT2D eigenvalue weighted by Crippen LogP contribution is -2.45. The van der Waals surface area contributed by atoms with Crippen molar-refractivity contribution in [2.45, 2.75) is 12.5 Å². The number of aliphatic carboxylic acids is 1. The van der Waals surface area contributed by atoms with E-state index >= 15 is 0 Å². The van der Waals surface area contributed by atoms with E-state index in [0.717, 1.165) is 32.9 Å². The van der Waals surface area contributed by atoms with Gasteiger partial charge in [-0.15, -0.1) is 0 Å². The SMILES string of the molecule is O=C(/C=C/c1ccc(/C=C2\SC(=S)N([C@@H](Cc3ccccc3)C(=O)O)C2=O)cc1)c1ccccc1Br. The smallest absolute Gasteiger partial charge is 0.327 e. The molecule has 3 aromatic rings. The summed E-state index contributed by atoms with van der Waals surface area (Å²) in [5, 5.41) is 9.80. The van der Waals surface area contributed by atoms with Crippen LogP contribution >= 0.6 is 39.9 Å². The van der Waals surface area contributed by atoms with E-state index in [-0.39, 0.29) is 16.5 Å². The number of carbonyl (C=O) groups is 3. The lowest BCUT2D eigenvalue weighted by Gasteiger charge is -2.23. The molecule has 3 aromatic carbocycles. The van der Waals surface area contributed by atoms with E-state index in [1.165, 1.54) is 11.0 Å². The number of benzene rings is 3. The zero-order valence-corrected chi connectivity index (χ0v) is 22.1. The lowest BCUT2D eigenvalue weighted by atomic mass is 10.0. The number of thioether (sulfide) groups is 1. The predicted molar refractivity (Wildman–Crippen MR) is 151 cm³/mol. The molecular weight excluding hydrogens is 558 g/mol. The molecule has 4 rings (SSSR count). The van der Waals surface area contributed by atoms with Crippen molar-refractivity contribution in [3.8, 4) is 0 Å². The number of hydrogen-bond donors (Lipinski definition) is 1. The van der Waals surface area contributed by atoms with E-state index in [2.05, 4.69) is 15.9 Å². The molecular formula is C28H20BrNO4S2. The number of carboxylic acids is 1. The molecule has 36 heavy (non-hydrogen) atoms. The van der Waals surface area contributed by atoms with Crippen molar-refractivity contribution in [2.24, 2.45) is 0 Å². The number of hydrogen-bond acceptors (Lipinski definition) is 5. The maximum absolute atomic E-state index is 13.1. The van der Waals surface area contributed by atoms with E-state index in [9.17, 15) is 19.5 Å². The minimum Gasteiger partial charge on any atom is -0.480 e. The molecule has 0 bridgehead atoms. The number of allylic oxidation sites excluding steroid dienone is 1. The highest BCUT2D eigenvalue weighted by Crippen LogP contribution is 2.35. The van der Waals surface area contributed by atoms with Gasteiger partial charge >= 0.3 is 5.97 Å². The highest BCUT2D eigenvalue weighted by molar-refractivity contribution is 9.10. The lowest BCUT2D eigenvalue weighted by molar-refractivity contribution is -0.145. The second kappa shape index (κ2) is 11.6. The Labute approximate surface area is 226 Å². The standard InChI is InChI=1S/C28H20BrNO4S2/c29-22-9-5-4-8-21(22)24(31)15-14-18-10-12-20(13-11-18)17-25-26(32)30(28(35)36-25)23(27(33)34)16-19-6-2-1-3-7-19/h1-15,17,23H,16H2,(H,33,34)/b15-14+,25-17-/t23-/m0/s1. The van der Waals surface area contributed by atoms with Gasteiger partial charge in [0.05, 0.1) is 4.91 Å². The molecule has 180 valence electrons. The van der Waals surface area contributed by atoms with Gasteiger partial charge < -0.3 is 5.11 Å². The van der Waals surface area contributed by atoms with Crippen LogP contribution in [0.15, 0.2) is 94.3 Å². The van der Waals surface area contributed by atoms with Crippen molar-refractivity contribution in [1.82, 2.24) is 4.90 Å². The first-order valence-electron chi connectivity index (χ1n) is 10.9. The van der Waals surface area contributed by atoms with E-state index in [4.69, 9.17) is 12.2 Å². The molecule has 0 spiro atoms. The topological polar surface area (TPSA) is 74.7 Å². The van der Waals surface area contributed by atoms with Crippen molar-refractivity contribution in [3.05, 3.63) is 117 Å². The number of rotatable bonds is 8. The number of carboxylic acid groups (broad SMARTS) is 1. The Bertz CT molecular complexity index is 1380. The Hall–Kier alpha value is -3.33. The number of carbonyl (C=O) groups excluding carboxylic acids is 2. The van der Waals surface area contributed by atoms with E-state index in [1.54, 1.807) is 18.2 Å². The average molecular weight is 579 g/mol. The average Bonchev–Trinajstić information content (AvgIpc) is 3.15. The van der Waals surface area contributed by atoms with Crippen LogP contribution in [0.1, 0.15) is 27.0 Å². The molecule has 5 nitrogen and oxygen atoms in total. The molecule has 0 unspecified atom stereocenters. The second-order valence-electron chi connectivity index (χ2n) is 7.94. The van der Waals surface area contributed by atoms with Gasteiger partial charge in [-0.25, -0.2) is 4.79 Å². The Morgan fingerprint density at radius 3 is 2.28 bits per heavy atom. The van der Waals surface area contributed by atoms with Gasteiger partial charge in [0, 0.05) is 16.5 Å². The molecule has 1 atom stereocenters. The fourth-order valence-electron chi connectivity index (χ4n) is 3.65. The molecule has 1 aliphatic rings. The number of ketones is 1. The zero-order valence-electron chi connectivity index (χ0n) is 18.8. The number of halogens is 1. The van der Waals surface area contributed by atoms with E-state index < -0.39 is 17.9 Å². The van der Waals surface area contributed by atoms with Gasteiger partial charge in [0.1, 0.15) is 10.4 Å². The molecule has 0 saturated carbocycles. The van der Waals surface area contributed by atoms with Crippen LogP contribution < -0.4 is 0 Å². The number of thiocarbonyl (C=S) groups is 1. The molecule has 1 heterocycles. The Balaban J connectivity index is 1.47. The normalized spacial score (nSPS) is 15.6. The maximum Gasteiger partial charge on any atom is 0.327 e. The number of amides is 1. The third-order valence-corrected chi connectivity index (χ3v) is 7.51. The Morgan fingerprint density at radius 2 is 1.61 bits per heavy atom. The van der Waals surface area contributed by atoms with Gasteiger partial charge in [-0.2, -0.15) is 0 Å². The van der Waals surface area contributed by atoms with Gasteiger partial charge in [-0.1, -0.05) is 113 Å². The van der Waals surface area contributed by atoms with E-state index in [0.29, 0.717) is 10.5 Å². The third-order valence-electron chi connectivity index (χ3n) is 5.49. The quantitative estimate of drug-likeness (QED) is 0.194. The fourth-order valence-corrected chi connectivity index (χ4v) is 5.49. The Kier molecular flexibility index (Phi) is 8.30. The van der Waals surface area contributed by atoms with Crippen molar-refractivity contribution in [1.29, 1.82) is 0 Å². The van der Waals surface area contributed by atoms with Gasteiger partial charge in [-0.3, -0.25) is 14.5 Å². The summed E-state index contributed by atoms with van der Waals surface area (Å²) in [7, 11) is 0. The van der Waals surface area contributed by atoms with Crippen molar-refractivity contribution in [3.63, 3.8) is 0 Å². The number of nitrogens with zero attached hydrogens (tertiary/aromatic N) is 1. The van der Waals surface area contributed by atoms with Crippen LogP contribution in [0.2, 0.25) is 0 Å². The third kappa shape index (κ3) is 6.07. The van der Waals surface area contributed by atoms with Crippen LogP contribution in [0.3, 0.4) is 0 Å². The minimum absolute atomic E-state index is 0.112. The van der Waals surface area contributed by atoms with Crippen LogP contribution in [0.5, 0.6) is 0 Å². The van der Waals surface area contributed by atoms with Crippen LogP contribution in [0, 0.1) is 0 Å². The monoisotopic (exact) mass is 577 g/mol. The molecule has 0 aromatic heterocycles. The van der Waals surface area contributed by atoms with Crippen molar-refractivity contribution < 1.29 is 19.5 Å². The summed E-state index contributed by atoms with van der Waals surface area (Å²) in [6.07, 6.45) is 5.10. The largest absolute Gasteiger partial charge is 0.480 e. The summed E-state index contributed by atoms with van der Waals surface area (Å²) in [6.45, 7) is 0. The highest BCUT2D eigenvalue weighted by atomic mass is 79.9. The van der Waals surface area contributed by atoms with Crippen molar-refractivity contribution in [2.75, 3.05) is 0 Å². The first-order chi connectivity index (χ1) is 17.3. The minimum atomic E-state index is -1.11. The Morgan fingerprint density at radius 1 is 0.972 bits per heavy atom. The first kappa shape index (κ1) is 25.8. The molecule has 1 aliphatic heterocycles. The summed E-state index contributed by atoms with van der Waals surface area (Å²) < 4.78 is 0.959. The molecule has 1 amide bonds. The summed E-state index contributed by atoms with van der Waals surface area (Å²) in [6, 6.07) is 22.6. The molecule has 8 heteroatoms. The van der Waals surface area contributed by atoms with Crippen LogP contribution in [-0.4, -0.2) is 38.0 Å². The summed E-state index contributed by atoms with van der Waals surface area (Å²) in [5.41, 5.74) is 2.98.